The van der Waals surface area contributed by atoms with Crippen molar-refractivity contribution in [2.45, 2.75) is 26.7 Å². The zero-order chi connectivity index (χ0) is 20.9. The van der Waals surface area contributed by atoms with Crippen molar-refractivity contribution < 1.29 is 27.4 Å². The fourth-order valence-electron chi connectivity index (χ4n) is 3.74. The van der Waals surface area contributed by atoms with Crippen LogP contribution in [0.3, 0.4) is 0 Å². The highest BCUT2D eigenvalue weighted by Crippen LogP contribution is 2.39. The minimum absolute atomic E-state index is 0.0822. The third-order valence-electron chi connectivity index (χ3n) is 5.09. The normalized spacial score (nSPS) is 21.0. The molecule has 1 aromatic carbocycles. The molecule has 3 rings (SSSR count). The van der Waals surface area contributed by atoms with Gasteiger partial charge in [0, 0.05) is 31.6 Å². The fourth-order valence-corrected chi connectivity index (χ4v) is 5.60. The van der Waals surface area contributed by atoms with Crippen molar-refractivity contribution in [2.75, 3.05) is 61.2 Å². The molecular formula is C20H30N2O6S. The third-order valence-corrected chi connectivity index (χ3v) is 6.92. The van der Waals surface area contributed by atoms with Crippen LogP contribution in [-0.2, 0) is 19.4 Å². The SMILES string of the molecule is CCOc1cc(N2CCOCC2)c(OCC)cc1NC(=O)C[C@H]1CCS(=O)(=O)C1. The predicted octanol–water partition coefficient (Wildman–Crippen LogP) is 2.08. The van der Waals surface area contributed by atoms with E-state index in [1.807, 2.05) is 19.9 Å². The number of anilines is 2. The summed E-state index contributed by atoms with van der Waals surface area (Å²) in [6.45, 7) is 7.58. The third kappa shape index (κ3) is 5.76. The second kappa shape index (κ2) is 9.67. The molecule has 0 aliphatic carbocycles. The lowest BCUT2D eigenvalue weighted by Crippen LogP contribution is -2.36. The van der Waals surface area contributed by atoms with Gasteiger partial charge in [-0.15, -0.1) is 0 Å². The first-order chi connectivity index (χ1) is 13.9. The molecule has 0 unspecified atom stereocenters. The van der Waals surface area contributed by atoms with Gasteiger partial charge in [0.05, 0.1) is 49.3 Å². The van der Waals surface area contributed by atoms with Crippen molar-refractivity contribution in [1.82, 2.24) is 0 Å². The number of hydrogen-bond acceptors (Lipinski definition) is 7. The van der Waals surface area contributed by atoms with E-state index >= 15 is 0 Å². The molecule has 2 aliphatic heterocycles. The molecule has 9 heteroatoms. The van der Waals surface area contributed by atoms with Crippen LogP contribution in [-0.4, -0.2) is 65.3 Å². The average Bonchev–Trinajstić information content (AvgIpc) is 3.03. The molecule has 162 valence electrons. The van der Waals surface area contributed by atoms with Crippen LogP contribution in [0, 0.1) is 5.92 Å². The summed E-state index contributed by atoms with van der Waals surface area (Å²) in [7, 11) is -3.00. The zero-order valence-electron chi connectivity index (χ0n) is 17.1. The average molecular weight is 427 g/mol. The van der Waals surface area contributed by atoms with Gasteiger partial charge in [-0.1, -0.05) is 0 Å². The van der Waals surface area contributed by atoms with Crippen LogP contribution in [0.5, 0.6) is 11.5 Å². The second-order valence-corrected chi connectivity index (χ2v) is 9.53. The number of hydrogen-bond donors (Lipinski definition) is 1. The lowest BCUT2D eigenvalue weighted by molar-refractivity contribution is -0.116. The summed E-state index contributed by atoms with van der Waals surface area (Å²) < 4.78 is 40.3. The monoisotopic (exact) mass is 426 g/mol. The Bertz CT molecular complexity index is 821. The van der Waals surface area contributed by atoms with Crippen molar-refractivity contribution in [3.05, 3.63) is 12.1 Å². The first kappa shape index (κ1) is 21.7. The summed E-state index contributed by atoms with van der Waals surface area (Å²) in [6.07, 6.45) is 0.716. The number of sulfone groups is 1. The number of amides is 1. The highest BCUT2D eigenvalue weighted by molar-refractivity contribution is 7.91. The number of carbonyl (C=O) groups excluding carboxylic acids is 1. The number of ether oxygens (including phenoxy) is 3. The molecule has 0 saturated carbocycles. The van der Waals surface area contributed by atoms with Gasteiger partial charge in [-0.3, -0.25) is 4.79 Å². The molecule has 2 fully saturated rings. The Hall–Kier alpha value is -2.00. The number of carbonyl (C=O) groups is 1. The van der Waals surface area contributed by atoms with Crippen LogP contribution in [0.1, 0.15) is 26.7 Å². The summed E-state index contributed by atoms with van der Waals surface area (Å²) in [5.74, 6) is 1.15. The van der Waals surface area contributed by atoms with Gasteiger partial charge in [0.2, 0.25) is 5.91 Å². The molecule has 0 spiro atoms. The maximum atomic E-state index is 12.6. The van der Waals surface area contributed by atoms with Crippen LogP contribution in [0.25, 0.3) is 0 Å². The van der Waals surface area contributed by atoms with Crippen molar-refractivity contribution in [1.29, 1.82) is 0 Å². The van der Waals surface area contributed by atoms with Gasteiger partial charge in [-0.25, -0.2) is 8.42 Å². The molecule has 1 N–H and O–H groups in total. The molecule has 1 atom stereocenters. The minimum atomic E-state index is -3.00. The fraction of sp³-hybridized carbons (Fsp3) is 0.650. The first-order valence-electron chi connectivity index (χ1n) is 10.2. The first-order valence-corrected chi connectivity index (χ1v) is 12.0. The number of benzene rings is 1. The summed E-state index contributed by atoms with van der Waals surface area (Å²) in [5.41, 5.74) is 1.46. The molecule has 2 aliphatic rings. The van der Waals surface area contributed by atoms with E-state index in [0.29, 0.717) is 50.0 Å². The van der Waals surface area contributed by atoms with E-state index in [1.54, 1.807) is 6.07 Å². The molecule has 0 aromatic heterocycles. The van der Waals surface area contributed by atoms with Crippen LogP contribution >= 0.6 is 0 Å². The summed E-state index contributed by atoms with van der Waals surface area (Å²) in [5, 5.41) is 2.90. The van der Waals surface area contributed by atoms with Crippen LogP contribution < -0.4 is 19.7 Å². The van der Waals surface area contributed by atoms with Crippen molar-refractivity contribution in [2.24, 2.45) is 5.92 Å². The quantitative estimate of drug-likeness (QED) is 0.680. The smallest absolute Gasteiger partial charge is 0.224 e. The largest absolute Gasteiger partial charge is 0.492 e. The van der Waals surface area contributed by atoms with E-state index in [1.165, 1.54) is 0 Å². The summed E-state index contributed by atoms with van der Waals surface area (Å²) in [4.78, 5) is 14.7. The number of nitrogens with zero attached hydrogens (tertiary/aromatic N) is 1. The van der Waals surface area contributed by atoms with Gasteiger partial charge in [0.25, 0.3) is 0 Å². The highest BCUT2D eigenvalue weighted by Gasteiger charge is 2.30. The Morgan fingerprint density at radius 3 is 2.48 bits per heavy atom. The number of nitrogens with one attached hydrogen (secondary N) is 1. The molecule has 2 saturated heterocycles. The van der Waals surface area contributed by atoms with E-state index in [2.05, 4.69) is 10.2 Å². The van der Waals surface area contributed by atoms with Gasteiger partial charge in [0.15, 0.2) is 9.84 Å². The van der Waals surface area contributed by atoms with E-state index in [-0.39, 0.29) is 29.8 Å². The Morgan fingerprint density at radius 1 is 1.17 bits per heavy atom. The van der Waals surface area contributed by atoms with Crippen LogP contribution in [0.4, 0.5) is 11.4 Å². The highest BCUT2D eigenvalue weighted by atomic mass is 32.2. The Kier molecular flexibility index (Phi) is 7.23. The lowest BCUT2D eigenvalue weighted by atomic mass is 10.0. The lowest BCUT2D eigenvalue weighted by Gasteiger charge is -2.31. The topological polar surface area (TPSA) is 94.2 Å². The van der Waals surface area contributed by atoms with Crippen molar-refractivity contribution in [3.63, 3.8) is 0 Å². The van der Waals surface area contributed by atoms with Crippen molar-refractivity contribution >= 4 is 27.1 Å². The van der Waals surface area contributed by atoms with Crippen LogP contribution in [0.15, 0.2) is 12.1 Å². The molecule has 0 bridgehead atoms. The van der Waals surface area contributed by atoms with Gasteiger partial charge in [-0.2, -0.15) is 0 Å². The van der Waals surface area contributed by atoms with E-state index < -0.39 is 9.84 Å². The van der Waals surface area contributed by atoms with Crippen molar-refractivity contribution in [3.8, 4) is 11.5 Å². The minimum Gasteiger partial charge on any atom is -0.492 e. The standard InChI is InChI=1S/C20H30N2O6S/c1-3-27-18-13-17(22-6-8-26-9-7-22)19(28-4-2)12-16(18)21-20(23)11-15-5-10-29(24,25)14-15/h12-13,15H,3-11,14H2,1-2H3,(H,21,23)/t15-/m1/s1. The van der Waals surface area contributed by atoms with Gasteiger partial charge in [0.1, 0.15) is 11.5 Å². The van der Waals surface area contributed by atoms with E-state index in [0.717, 1.165) is 18.8 Å². The van der Waals surface area contributed by atoms with E-state index in [9.17, 15) is 13.2 Å². The summed E-state index contributed by atoms with van der Waals surface area (Å²) in [6, 6.07) is 3.69. The maximum absolute atomic E-state index is 12.6. The Morgan fingerprint density at radius 2 is 1.86 bits per heavy atom. The molecule has 29 heavy (non-hydrogen) atoms. The zero-order valence-corrected chi connectivity index (χ0v) is 17.9. The maximum Gasteiger partial charge on any atom is 0.224 e. The van der Waals surface area contributed by atoms with Gasteiger partial charge in [-0.05, 0) is 26.2 Å². The predicted molar refractivity (Wildman–Crippen MR) is 112 cm³/mol. The molecule has 1 aromatic rings. The molecule has 1 amide bonds. The van der Waals surface area contributed by atoms with Gasteiger partial charge >= 0.3 is 0 Å². The molecular weight excluding hydrogens is 396 g/mol. The molecule has 8 nitrogen and oxygen atoms in total. The van der Waals surface area contributed by atoms with E-state index in [4.69, 9.17) is 14.2 Å². The number of morpholine rings is 1. The second-order valence-electron chi connectivity index (χ2n) is 7.30. The Balaban J connectivity index is 1.80. The van der Waals surface area contributed by atoms with Gasteiger partial charge < -0.3 is 24.4 Å². The summed E-state index contributed by atoms with van der Waals surface area (Å²) >= 11 is 0. The molecule has 0 radical (unpaired) electrons. The number of rotatable bonds is 8. The molecule has 2 heterocycles. The van der Waals surface area contributed by atoms with Crippen LogP contribution in [0.2, 0.25) is 0 Å². The Labute approximate surface area is 172 Å².